The average molecular weight is 325 g/mol. The van der Waals surface area contributed by atoms with E-state index < -0.39 is 17.9 Å². The third-order valence-electron chi connectivity index (χ3n) is 2.84. The number of carbonyl (C=O) groups is 2. The molecule has 7 nitrogen and oxygen atoms in total. The van der Waals surface area contributed by atoms with E-state index >= 15 is 0 Å². The number of nitrogens with one attached hydrogen (secondary N) is 2. The molecule has 0 spiro atoms. The highest BCUT2D eigenvalue weighted by Gasteiger charge is 2.22. The number of hydrogen-bond donors (Lipinski definition) is 3. The fraction of sp³-hybridized carbons (Fsp3) is 0.688. The zero-order chi connectivity index (χ0) is 17.8. The van der Waals surface area contributed by atoms with Crippen molar-refractivity contribution >= 4 is 11.9 Å². The van der Waals surface area contributed by atoms with Crippen LogP contribution in [0.2, 0.25) is 0 Å². The second-order valence-electron chi connectivity index (χ2n) is 5.89. The lowest BCUT2D eigenvalue weighted by Gasteiger charge is -2.16. The van der Waals surface area contributed by atoms with E-state index in [0.717, 1.165) is 6.42 Å². The summed E-state index contributed by atoms with van der Waals surface area (Å²) in [4.78, 5) is 23.1. The van der Waals surface area contributed by atoms with Gasteiger partial charge >= 0.3 is 5.97 Å². The molecule has 7 heteroatoms. The number of nitriles is 1. The predicted molar refractivity (Wildman–Crippen MR) is 86.4 cm³/mol. The van der Waals surface area contributed by atoms with Crippen LogP contribution in [0.5, 0.6) is 0 Å². The maximum Gasteiger partial charge on any atom is 0.326 e. The molecular weight excluding hydrogens is 298 g/mol. The van der Waals surface area contributed by atoms with Gasteiger partial charge in [-0.25, -0.2) is 4.79 Å². The van der Waals surface area contributed by atoms with Gasteiger partial charge in [0.05, 0.1) is 6.10 Å². The van der Waals surface area contributed by atoms with Gasteiger partial charge in [-0.15, -0.1) is 0 Å². The molecule has 0 fully saturated rings. The van der Waals surface area contributed by atoms with Crippen LogP contribution in [0.25, 0.3) is 0 Å². The normalized spacial score (nSPS) is 12.8. The van der Waals surface area contributed by atoms with E-state index in [-0.39, 0.29) is 17.6 Å². The quantitative estimate of drug-likeness (QED) is 0.301. The lowest BCUT2D eigenvalue weighted by Crippen LogP contribution is -2.42. The number of carboxylic acids is 1. The van der Waals surface area contributed by atoms with Crippen molar-refractivity contribution in [2.75, 3.05) is 13.2 Å². The van der Waals surface area contributed by atoms with Crippen molar-refractivity contribution in [1.82, 2.24) is 10.6 Å². The molecule has 1 amide bonds. The zero-order valence-electron chi connectivity index (χ0n) is 14.3. The van der Waals surface area contributed by atoms with Gasteiger partial charge in [0.1, 0.15) is 17.7 Å². The Morgan fingerprint density at radius 2 is 1.96 bits per heavy atom. The molecule has 0 aliphatic carbocycles. The first-order valence-corrected chi connectivity index (χ1v) is 7.76. The number of carbonyl (C=O) groups excluding carboxylic acids is 1. The summed E-state index contributed by atoms with van der Waals surface area (Å²) in [5.74, 6) is -1.68. The minimum absolute atomic E-state index is 0.116. The minimum Gasteiger partial charge on any atom is -0.480 e. The molecule has 0 aromatic rings. The summed E-state index contributed by atoms with van der Waals surface area (Å²) in [5, 5.41) is 23.3. The van der Waals surface area contributed by atoms with Crippen LogP contribution in [-0.4, -0.2) is 42.3 Å². The van der Waals surface area contributed by atoms with E-state index in [2.05, 4.69) is 10.6 Å². The van der Waals surface area contributed by atoms with Gasteiger partial charge in [0.15, 0.2) is 0 Å². The number of aliphatic carboxylic acids is 1. The Bertz CT molecular complexity index is 453. The molecule has 0 aromatic carbocycles. The van der Waals surface area contributed by atoms with Crippen molar-refractivity contribution in [2.45, 2.75) is 52.7 Å². The van der Waals surface area contributed by atoms with Crippen LogP contribution in [0.15, 0.2) is 11.8 Å². The highest BCUT2D eigenvalue weighted by atomic mass is 16.5. The van der Waals surface area contributed by atoms with Crippen LogP contribution < -0.4 is 10.6 Å². The summed E-state index contributed by atoms with van der Waals surface area (Å²) in [6.07, 6.45) is 2.51. The van der Waals surface area contributed by atoms with Crippen LogP contribution in [0.1, 0.15) is 40.5 Å². The lowest BCUT2D eigenvalue weighted by molar-refractivity contribution is -0.141. The van der Waals surface area contributed by atoms with Crippen LogP contribution >= 0.6 is 0 Å². The molecule has 0 heterocycles. The summed E-state index contributed by atoms with van der Waals surface area (Å²) in [6.45, 7) is 8.76. The molecule has 3 N–H and O–H groups in total. The molecule has 0 aromatic heterocycles. The molecule has 0 aliphatic heterocycles. The first-order chi connectivity index (χ1) is 10.8. The number of rotatable bonds is 11. The van der Waals surface area contributed by atoms with Crippen molar-refractivity contribution in [3.05, 3.63) is 11.8 Å². The highest BCUT2D eigenvalue weighted by Crippen LogP contribution is 2.06. The molecule has 130 valence electrons. The average Bonchev–Trinajstić information content (AvgIpc) is 2.44. The van der Waals surface area contributed by atoms with Crippen molar-refractivity contribution in [1.29, 1.82) is 5.26 Å². The number of nitrogens with zero attached hydrogens (tertiary/aromatic N) is 1. The van der Waals surface area contributed by atoms with Gasteiger partial charge in [0.25, 0.3) is 5.91 Å². The van der Waals surface area contributed by atoms with E-state index in [1.54, 1.807) is 6.07 Å². The SMILES string of the molecule is CC(C)CC(NC(=O)/C(C#N)=C\NCCCOC(C)C)C(=O)O. The molecule has 0 saturated carbocycles. The highest BCUT2D eigenvalue weighted by molar-refractivity contribution is 5.99. The Balaban J connectivity index is 4.41. The number of ether oxygens (including phenoxy) is 1. The molecule has 0 aliphatic rings. The topological polar surface area (TPSA) is 111 Å². The molecule has 0 radical (unpaired) electrons. The maximum atomic E-state index is 11.9. The van der Waals surface area contributed by atoms with Gasteiger partial charge in [-0.2, -0.15) is 5.26 Å². The Labute approximate surface area is 137 Å². The number of amides is 1. The van der Waals surface area contributed by atoms with Gasteiger partial charge in [-0.3, -0.25) is 4.79 Å². The Morgan fingerprint density at radius 3 is 2.43 bits per heavy atom. The Morgan fingerprint density at radius 1 is 1.30 bits per heavy atom. The molecule has 0 rings (SSSR count). The maximum absolute atomic E-state index is 11.9. The monoisotopic (exact) mass is 325 g/mol. The Hall–Kier alpha value is -2.07. The Kier molecular flexibility index (Phi) is 10.5. The summed E-state index contributed by atoms with van der Waals surface area (Å²) < 4.78 is 5.37. The van der Waals surface area contributed by atoms with E-state index in [4.69, 9.17) is 15.1 Å². The summed E-state index contributed by atoms with van der Waals surface area (Å²) in [5.41, 5.74) is -0.148. The molecular formula is C16H27N3O4. The number of hydrogen-bond acceptors (Lipinski definition) is 5. The van der Waals surface area contributed by atoms with E-state index in [9.17, 15) is 9.59 Å². The van der Waals surface area contributed by atoms with Gasteiger partial charge in [-0.1, -0.05) is 13.8 Å². The molecule has 23 heavy (non-hydrogen) atoms. The van der Waals surface area contributed by atoms with Gasteiger partial charge in [-0.05, 0) is 32.6 Å². The van der Waals surface area contributed by atoms with Crippen molar-refractivity contribution < 1.29 is 19.4 Å². The van der Waals surface area contributed by atoms with E-state index in [1.165, 1.54) is 6.20 Å². The third-order valence-corrected chi connectivity index (χ3v) is 2.84. The van der Waals surface area contributed by atoms with Crippen LogP contribution in [0.3, 0.4) is 0 Å². The second kappa shape index (κ2) is 11.5. The largest absolute Gasteiger partial charge is 0.480 e. The lowest BCUT2D eigenvalue weighted by atomic mass is 10.0. The van der Waals surface area contributed by atoms with E-state index in [1.807, 2.05) is 27.7 Å². The van der Waals surface area contributed by atoms with Crippen molar-refractivity contribution in [3.63, 3.8) is 0 Å². The molecule has 0 bridgehead atoms. The predicted octanol–water partition coefficient (Wildman–Crippen LogP) is 1.41. The standard InChI is InChI=1S/C16H27N3O4/c1-11(2)8-14(16(21)22)19-15(20)13(9-17)10-18-6-5-7-23-12(3)4/h10-12,14,18H,5-8H2,1-4H3,(H,19,20)(H,21,22)/b13-10-. The van der Waals surface area contributed by atoms with Crippen LogP contribution in [0.4, 0.5) is 0 Å². The molecule has 0 saturated heterocycles. The van der Waals surface area contributed by atoms with Gasteiger partial charge < -0.3 is 20.5 Å². The van der Waals surface area contributed by atoms with Crippen molar-refractivity contribution in [3.8, 4) is 6.07 Å². The summed E-state index contributed by atoms with van der Waals surface area (Å²) in [6, 6.07) is 0.770. The smallest absolute Gasteiger partial charge is 0.326 e. The summed E-state index contributed by atoms with van der Waals surface area (Å²) in [7, 11) is 0. The molecule has 1 atom stereocenters. The minimum atomic E-state index is -1.11. The van der Waals surface area contributed by atoms with Gasteiger partial charge in [0, 0.05) is 19.4 Å². The fourth-order valence-electron chi connectivity index (χ4n) is 1.74. The zero-order valence-corrected chi connectivity index (χ0v) is 14.3. The first-order valence-electron chi connectivity index (χ1n) is 7.76. The first kappa shape index (κ1) is 20.9. The van der Waals surface area contributed by atoms with E-state index in [0.29, 0.717) is 19.6 Å². The molecule has 1 unspecified atom stereocenters. The number of carboxylic acid groups (broad SMARTS) is 1. The summed E-state index contributed by atoms with van der Waals surface area (Å²) >= 11 is 0. The van der Waals surface area contributed by atoms with Crippen LogP contribution in [-0.2, 0) is 14.3 Å². The second-order valence-corrected chi connectivity index (χ2v) is 5.89. The van der Waals surface area contributed by atoms with Gasteiger partial charge in [0.2, 0.25) is 0 Å². The third kappa shape index (κ3) is 10.3. The van der Waals surface area contributed by atoms with Crippen LogP contribution in [0, 0.1) is 17.2 Å². The fourth-order valence-corrected chi connectivity index (χ4v) is 1.74. The van der Waals surface area contributed by atoms with Crippen molar-refractivity contribution in [2.24, 2.45) is 5.92 Å².